The third kappa shape index (κ3) is 13.0. The monoisotopic (exact) mass is 1000 g/mol. The summed E-state index contributed by atoms with van der Waals surface area (Å²) in [5.41, 5.74) is 12.7. The molecule has 6 aromatic heterocycles. The molecule has 0 aliphatic carbocycles. The molecule has 380 valence electrons. The molecule has 0 saturated carbocycles. The van der Waals surface area contributed by atoms with Gasteiger partial charge in [-0.05, 0) is 65.1 Å². The van der Waals surface area contributed by atoms with Gasteiger partial charge in [-0.15, -0.1) is 0 Å². The van der Waals surface area contributed by atoms with Crippen LogP contribution in [0.2, 0.25) is 51.4 Å². The van der Waals surface area contributed by atoms with Crippen molar-refractivity contribution in [3.63, 3.8) is 0 Å². The molecule has 22 heteroatoms. The molecule has 0 spiro atoms. The van der Waals surface area contributed by atoms with E-state index < -0.39 is 21.7 Å². The first-order chi connectivity index (χ1) is 33.6. The van der Waals surface area contributed by atoms with Gasteiger partial charge in [0.25, 0.3) is 0 Å². The number of nitrogens with one attached hydrogen (secondary N) is 1. The summed E-state index contributed by atoms with van der Waals surface area (Å²) in [6.07, 6.45) is 14.2. The van der Waals surface area contributed by atoms with E-state index in [4.69, 9.17) is 48.2 Å². The van der Waals surface area contributed by atoms with Crippen molar-refractivity contribution >= 4 is 56.5 Å². The van der Waals surface area contributed by atoms with Crippen LogP contribution in [0.5, 0.6) is 0 Å². The number of piperidine rings is 2. The Bertz CT molecular complexity index is 2860. The van der Waals surface area contributed by atoms with Crippen LogP contribution < -0.4 is 16.0 Å². The molecule has 0 radical (unpaired) electrons. The number of aryl methyl sites for hydroxylation is 2. The van der Waals surface area contributed by atoms with Crippen molar-refractivity contribution in [2.75, 3.05) is 63.5 Å². The van der Waals surface area contributed by atoms with Crippen molar-refractivity contribution < 1.29 is 19.0 Å². The molecule has 0 aromatic carbocycles. The Kier molecular flexibility index (Phi) is 16.4. The average molecular weight is 1010 g/mol. The molecule has 2 aliphatic rings. The fourth-order valence-corrected chi connectivity index (χ4v) is 10.2. The van der Waals surface area contributed by atoms with Gasteiger partial charge in [-0.3, -0.25) is 9.36 Å². The van der Waals surface area contributed by atoms with E-state index in [1.807, 2.05) is 52.2 Å². The molecule has 2 atom stereocenters. The van der Waals surface area contributed by atoms with Gasteiger partial charge in [0.05, 0.1) is 49.3 Å². The lowest BCUT2D eigenvalue weighted by atomic mass is 9.93. The first-order valence-corrected chi connectivity index (χ1v) is 32.0. The molecule has 6 aromatic rings. The SMILES string of the molecule is [C-]#[N+]c1c(C2CCCN(C(=O)OC(C)(C)C)C2)nc2c(-c3cnn(C)c3)cnn2c1N(COCC[Si](C)(C)C)COCC[Si](C)(C)C.[C-]#[N+]c1c(C2CCCNC2)nc2c(-c3cnn(C)c3)cnn2c1N. The number of carbonyl (C=O) groups excluding carboxylic acids is 1. The summed E-state index contributed by atoms with van der Waals surface area (Å²) in [5.74, 6) is 0.978. The van der Waals surface area contributed by atoms with Crippen molar-refractivity contribution in [2.24, 2.45) is 14.1 Å². The molecule has 20 nitrogen and oxygen atoms in total. The van der Waals surface area contributed by atoms with Crippen LogP contribution in [0.25, 0.3) is 43.2 Å². The van der Waals surface area contributed by atoms with E-state index in [0.717, 1.165) is 78.8 Å². The molecule has 2 fully saturated rings. The van der Waals surface area contributed by atoms with E-state index in [-0.39, 0.29) is 31.4 Å². The Morgan fingerprint density at radius 3 is 1.82 bits per heavy atom. The smallest absolute Gasteiger partial charge is 0.410 e. The number of amides is 1. The maximum atomic E-state index is 13.1. The number of hydrogen-bond acceptors (Lipinski definition) is 13. The maximum absolute atomic E-state index is 13.1. The number of nitrogens with zero attached hydrogens (tertiary/aromatic N) is 14. The Hall–Kier alpha value is -6.18. The fourth-order valence-electron chi connectivity index (χ4n) is 8.66. The second-order valence-electron chi connectivity index (χ2n) is 22.1. The lowest BCUT2D eigenvalue weighted by molar-refractivity contribution is 0.0197. The molecule has 2 saturated heterocycles. The second-order valence-corrected chi connectivity index (χ2v) is 33.3. The number of nitrogen functional groups attached to an aromatic ring is 1. The third-order valence-electron chi connectivity index (χ3n) is 12.5. The molecular weight excluding hydrogens is 933 g/mol. The summed E-state index contributed by atoms with van der Waals surface area (Å²) < 4.78 is 25.1. The van der Waals surface area contributed by atoms with Crippen LogP contribution in [0.4, 0.5) is 27.8 Å². The zero-order chi connectivity index (χ0) is 51.3. The number of likely N-dealkylation sites (tertiary alicyclic amines) is 1. The van der Waals surface area contributed by atoms with E-state index in [0.29, 0.717) is 66.3 Å². The lowest BCUT2D eigenvalue weighted by Gasteiger charge is -2.35. The van der Waals surface area contributed by atoms with Gasteiger partial charge in [-0.1, -0.05) is 39.3 Å². The number of anilines is 2. The molecular formula is C49H72N16O4Si2. The van der Waals surface area contributed by atoms with Gasteiger partial charge in [0, 0.05) is 110 Å². The van der Waals surface area contributed by atoms with E-state index in [1.54, 1.807) is 48.1 Å². The molecule has 3 N–H and O–H groups in total. The highest BCUT2D eigenvalue weighted by atomic mass is 28.3. The Morgan fingerprint density at radius 1 is 0.789 bits per heavy atom. The maximum Gasteiger partial charge on any atom is 0.410 e. The molecule has 2 unspecified atom stereocenters. The van der Waals surface area contributed by atoms with Gasteiger partial charge in [-0.2, -0.15) is 20.4 Å². The predicted molar refractivity (Wildman–Crippen MR) is 282 cm³/mol. The first-order valence-electron chi connectivity index (χ1n) is 24.6. The standard InChI is InChI=1S/C33H54N8O4Si2.C16H18N8/c1-33(2,3)45-32(42)39-14-12-13-25(22-39)28-29(34-4)31(41-30(37-28)27(20-36-41)26-19-35-38(5)21-26)40(23-43-15-17-46(6,7)8)24-44-16-18-47(9,10)11;1-18-14-13(10-4-3-5-19-6-10)22-16-12(8-21-24(16)15(14)17)11-7-20-23(2)9-11/h19-21,25H,12-18,22-24H2,1-3,5-11H3;7-10,19H,3-6,17H2,2H3. The van der Waals surface area contributed by atoms with E-state index in [9.17, 15) is 4.79 Å². The normalized spacial score (nSPS) is 16.7. The number of hydrogen-bond donors (Lipinski definition) is 2. The van der Waals surface area contributed by atoms with Crippen LogP contribution in [0.15, 0.2) is 37.2 Å². The Morgan fingerprint density at radius 2 is 1.32 bits per heavy atom. The summed E-state index contributed by atoms with van der Waals surface area (Å²) in [7, 11) is 1.12. The summed E-state index contributed by atoms with van der Waals surface area (Å²) >= 11 is 0. The number of fused-ring (bicyclic) bond motifs is 2. The Balaban J connectivity index is 0.000000256. The van der Waals surface area contributed by atoms with Crippen LogP contribution in [0, 0.1) is 13.1 Å². The van der Waals surface area contributed by atoms with Crippen molar-refractivity contribution in [3.8, 4) is 22.3 Å². The highest BCUT2D eigenvalue weighted by Gasteiger charge is 2.34. The highest BCUT2D eigenvalue weighted by molar-refractivity contribution is 6.76. The summed E-state index contributed by atoms with van der Waals surface area (Å²) in [5, 5.41) is 21.1. The lowest BCUT2D eigenvalue weighted by Crippen LogP contribution is -2.42. The zero-order valence-electron chi connectivity index (χ0n) is 43.5. The average Bonchev–Trinajstić information content (AvgIpc) is 4.14. The van der Waals surface area contributed by atoms with Crippen molar-refractivity contribution in [2.45, 2.75) is 115 Å². The highest BCUT2D eigenvalue weighted by Crippen LogP contribution is 2.42. The largest absolute Gasteiger partial charge is 0.444 e. The topological polar surface area (TPSA) is 194 Å². The summed E-state index contributed by atoms with van der Waals surface area (Å²) in [6, 6.07) is 2.05. The second kappa shape index (κ2) is 22.1. The number of rotatable bonds is 15. The van der Waals surface area contributed by atoms with E-state index >= 15 is 0 Å². The first kappa shape index (κ1) is 52.6. The molecule has 8 heterocycles. The zero-order valence-corrected chi connectivity index (χ0v) is 45.5. The van der Waals surface area contributed by atoms with Gasteiger partial charge in [-0.25, -0.2) is 33.5 Å². The summed E-state index contributed by atoms with van der Waals surface area (Å²) in [6.45, 7) is 40.2. The number of carbonyl (C=O) groups is 1. The number of aromatic nitrogens is 10. The minimum atomic E-state index is -1.31. The van der Waals surface area contributed by atoms with Crippen LogP contribution in [0.1, 0.15) is 69.7 Å². The van der Waals surface area contributed by atoms with Crippen LogP contribution in [0.3, 0.4) is 0 Å². The summed E-state index contributed by atoms with van der Waals surface area (Å²) in [4.78, 5) is 34.6. The van der Waals surface area contributed by atoms with Crippen molar-refractivity contribution in [1.29, 1.82) is 0 Å². The minimum absolute atomic E-state index is 0.164. The number of nitrogens with two attached hydrogens (primary N) is 1. The van der Waals surface area contributed by atoms with Crippen LogP contribution >= 0.6 is 0 Å². The Labute approximate surface area is 419 Å². The van der Waals surface area contributed by atoms with Crippen LogP contribution in [-0.4, -0.2) is 134 Å². The minimum Gasteiger partial charge on any atom is -0.444 e. The predicted octanol–water partition coefficient (Wildman–Crippen LogP) is 8.96. The van der Waals surface area contributed by atoms with Gasteiger partial charge in [0.15, 0.2) is 11.3 Å². The molecule has 2 aliphatic heterocycles. The fraction of sp³-hybridized carbons (Fsp3) is 0.571. The van der Waals surface area contributed by atoms with Gasteiger partial charge >= 0.3 is 6.09 Å². The van der Waals surface area contributed by atoms with Crippen molar-refractivity contribution in [3.05, 3.63) is 71.4 Å². The molecule has 1 amide bonds. The number of ether oxygens (including phenoxy) is 3. The molecule has 71 heavy (non-hydrogen) atoms. The van der Waals surface area contributed by atoms with Gasteiger partial charge < -0.3 is 35.1 Å². The van der Waals surface area contributed by atoms with Gasteiger partial charge in [0.2, 0.25) is 11.4 Å². The van der Waals surface area contributed by atoms with Crippen molar-refractivity contribution in [1.82, 2.24) is 59.0 Å². The third-order valence-corrected chi connectivity index (χ3v) is 15.9. The molecule has 8 rings (SSSR count). The van der Waals surface area contributed by atoms with E-state index in [2.05, 4.69) is 69.6 Å². The molecule has 0 bridgehead atoms. The quantitative estimate of drug-likeness (QED) is 0.0429. The van der Waals surface area contributed by atoms with Gasteiger partial charge in [0.1, 0.15) is 30.7 Å². The van der Waals surface area contributed by atoms with E-state index in [1.165, 1.54) is 0 Å². The van der Waals surface area contributed by atoms with Crippen LogP contribution in [-0.2, 0) is 28.3 Å².